The number of fused-ring (bicyclic) bond motifs is 3. The molecule has 0 radical (unpaired) electrons. The van der Waals surface area contributed by atoms with Crippen molar-refractivity contribution in [2.75, 3.05) is 12.8 Å². The Morgan fingerprint density at radius 3 is 2.62 bits per heavy atom. The molecule has 0 aliphatic carbocycles. The quantitative estimate of drug-likeness (QED) is 0.368. The highest BCUT2D eigenvalue weighted by atomic mass is 19.1. The Hall–Kier alpha value is -3.52. The van der Waals surface area contributed by atoms with Gasteiger partial charge in [0.1, 0.15) is 17.0 Å². The van der Waals surface area contributed by atoms with Crippen LogP contribution in [0.1, 0.15) is 5.69 Å². The molecule has 148 valence electrons. The Labute approximate surface area is 164 Å². The summed E-state index contributed by atoms with van der Waals surface area (Å²) < 4.78 is 31.3. The summed E-state index contributed by atoms with van der Waals surface area (Å²) in [6.07, 6.45) is 1.65. The summed E-state index contributed by atoms with van der Waals surface area (Å²) in [4.78, 5) is 12.5. The van der Waals surface area contributed by atoms with Crippen LogP contribution in [0.3, 0.4) is 0 Å². The van der Waals surface area contributed by atoms with E-state index in [1.165, 1.54) is 16.7 Å². The normalized spacial score (nSPS) is 11.4. The minimum absolute atomic E-state index is 0.119. The van der Waals surface area contributed by atoms with Gasteiger partial charge in [-0.1, -0.05) is 0 Å². The third-order valence-corrected chi connectivity index (χ3v) is 4.98. The zero-order valence-electron chi connectivity index (χ0n) is 15.9. The number of benzene rings is 2. The van der Waals surface area contributed by atoms with Gasteiger partial charge < -0.3 is 20.2 Å². The van der Waals surface area contributed by atoms with Crippen LogP contribution in [-0.4, -0.2) is 16.2 Å². The van der Waals surface area contributed by atoms with Crippen molar-refractivity contribution in [1.29, 1.82) is 5.41 Å². The highest BCUT2D eigenvalue weighted by molar-refractivity contribution is 5.99. The van der Waals surface area contributed by atoms with Crippen LogP contribution in [0, 0.1) is 17.0 Å². The van der Waals surface area contributed by atoms with Gasteiger partial charge in [-0.25, -0.2) is 8.78 Å². The first kappa shape index (κ1) is 18.8. The van der Waals surface area contributed by atoms with Gasteiger partial charge in [0.05, 0.1) is 11.2 Å². The molecule has 0 aromatic heterocycles. The highest BCUT2D eigenvalue weighted by Crippen LogP contribution is 2.35. The number of aromatic nitrogens is 2. The molecule has 4 rings (SSSR count). The number of aryl methyl sites for hydroxylation is 1. The fourth-order valence-electron chi connectivity index (χ4n) is 3.73. The molecule has 2 aromatic carbocycles. The van der Waals surface area contributed by atoms with Gasteiger partial charge in [-0.2, -0.15) is 0 Å². The number of hydrogen-bond donors (Lipinski definition) is 3. The molecular weight excluding hydrogens is 376 g/mol. The summed E-state index contributed by atoms with van der Waals surface area (Å²) in [6, 6.07) is 8.50. The summed E-state index contributed by atoms with van der Waals surface area (Å²) in [5, 5.41) is 11.9. The highest BCUT2D eigenvalue weighted by Gasteiger charge is 2.23. The van der Waals surface area contributed by atoms with E-state index in [1.54, 1.807) is 43.1 Å². The van der Waals surface area contributed by atoms with E-state index in [0.717, 1.165) is 6.07 Å². The van der Waals surface area contributed by atoms with Crippen molar-refractivity contribution in [3.05, 3.63) is 75.6 Å². The molecule has 0 saturated heterocycles. The van der Waals surface area contributed by atoms with Gasteiger partial charge in [0, 0.05) is 53.8 Å². The maximum atomic E-state index is 14.8. The second-order valence-corrected chi connectivity index (χ2v) is 6.89. The second-order valence-electron chi connectivity index (χ2n) is 6.89. The minimum Gasteiger partial charge on any atom is -0.399 e. The SMILES string of the molecule is CNCc1c2c(=N)c(=O)n(C)cc-2c2cc(N)ccc2n1-c1ccc(F)cc1F. The second kappa shape index (κ2) is 6.82. The van der Waals surface area contributed by atoms with E-state index in [-0.39, 0.29) is 17.6 Å². The molecule has 0 atom stereocenters. The molecule has 0 fully saturated rings. The van der Waals surface area contributed by atoms with Gasteiger partial charge in [0.25, 0.3) is 5.56 Å². The van der Waals surface area contributed by atoms with Crippen LogP contribution in [0.2, 0.25) is 0 Å². The maximum absolute atomic E-state index is 14.8. The van der Waals surface area contributed by atoms with E-state index < -0.39 is 17.2 Å². The van der Waals surface area contributed by atoms with Gasteiger partial charge in [0.2, 0.25) is 0 Å². The third kappa shape index (κ3) is 2.89. The zero-order valence-corrected chi connectivity index (χ0v) is 15.9. The fourth-order valence-corrected chi connectivity index (χ4v) is 3.73. The molecule has 2 heterocycles. The standard InChI is InChI=1S/C21H19F2N5O/c1-26-9-18-19-14(10-27(2)21(29)20(19)25)13-8-12(24)4-6-16(13)28(18)17-5-3-11(22)7-15(17)23/h3-8,10,25-26H,9,24H2,1-2H3. The van der Waals surface area contributed by atoms with E-state index in [4.69, 9.17) is 11.1 Å². The number of hydrogen-bond acceptors (Lipinski definition) is 4. The molecule has 8 heteroatoms. The van der Waals surface area contributed by atoms with Crippen molar-refractivity contribution in [3.8, 4) is 16.8 Å². The molecule has 0 amide bonds. The lowest BCUT2D eigenvalue weighted by Gasteiger charge is -2.24. The molecule has 0 unspecified atom stereocenters. The van der Waals surface area contributed by atoms with Crippen LogP contribution >= 0.6 is 0 Å². The average molecular weight is 395 g/mol. The number of anilines is 1. The first-order valence-electron chi connectivity index (χ1n) is 8.94. The molecule has 2 aliphatic heterocycles. The molecule has 2 aliphatic rings. The first-order valence-corrected chi connectivity index (χ1v) is 8.94. The third-order valence-electron chi connectivity index (χ3n) is 4.98. The van der Waals surface area contributed by atoms with Crippen LogP contribution < -0.4 is 22.0 Å². The Morgan fingerprint density at radius 1 is 1.17 bits per heavy atom. The number of rotatable bonds is 3. The lowest BCUT2D eigenvalue weighted by molar-refractivity contribution is 0.576. The maximum Gasteiger partial charge on any atom is 0.276 e. The Bertz CT molecular complexity index is 1360. The number of nitrogen functional groups attached to an aromatic ring is 1. The van der Waals surface area contributed by atoms with Crippen molar-refractivity contribution in [2.24, 2.45) is 7.05 Å². The zero-order chi connectivity index (χ0) is 20.9. The van der Waals surface area contributed by atoms with Gasteiger partial charge in [0.15, 0.2) is 0 Å². The molecule has 6 nitrogen and oxygen atoms in total. The van der Waals surface area contributed by atoms with Gasteiger partial charge in [-0.05, 0) is 37.4 Å². The van der Waals surface area contributed by atoms with E-state index >= 15 is 0 Å². The Morgan fingerprint density at radius 2 is 1.93 bits per heavy atom. The van der Waals surface area contributed by atoms with E-state index in [1.807, 2.05) is 0 Å². The van der Waals surface area contributed by atoms with Crippen molar-refractivity contribution >= 4 is 16.6 Å². The predicted molar refractivity (Wildman–Crippen MR) is 108 cm³/mol. The molecule has 4 N–H and O–H groups in total. The van der Waals surface area contributed by atoms with Crippen LogP contribution in [0.5, 0.6) is 0 Å². The molecular formula is C21H19F2N5O. The average Bonchev–Trinajstić information content (AvgIpc) is 2.67. The molecule has 0 spiro atoms. The van der Waals surface area contributed by atoms with E-state index in [2.05, 4.69) is 5.32 Å². The number of nitrogens with one attached hydrogen (secondary N) is 2. The van der Waals surface area contributed by atoms with Crippen LogP contribution in [0.15, 0.2) is 47.4 Å². The summed E-state index contributed by atoms with van der Waals surface area (Å²) in [5.41, 5.74) is 8.33. The first-order chi connectivity index (χ1) is 13.8. The largest absolute Gasteiger partial charge is 0.399 e. The fraction of sp³-hybridized carbons (Fsp3) is 0.143. The Balaban J connectivity index is 2.33. The predicted octanol–water partition coefficient (Wildman–Crippen LogP) is 2.49. The smallest absolute Gasteiger partial charge is 0.276 e. The molecule has 29 heavy (non-hydrogen) atoms. The van der Waals surface area contributed by atoms with Crippen LogP contribution in [0.4, 0.5) is 14.5 Å². The van der Waals surface area contributed by atoms with Crippen molar-refractivity contribution in [1.82, 2.24) is 14.5 Å². The van der Waals surface area contributed by atoms with Gasteiger partial charge >= 0.3 is 0 Å². The van der Waals surface area contributed by atoms with Crippen molar-refractivity contribution in [3.63, 3.8) is 0 Å². The lowest BCUT2D eigenvalue weighted by atomic mass is 9.96. The summed E-state index contributed by atoms with van der Waals surface area (Å²) in [5.74, 6) is -1.44. The van der Waals surface area contributed by atoms with Crippen molar-refractivity contribution < 1.29 is 8.78 Å². The molecule has 0 bridgehead atoms. The summed E-state index contributed by atoms with van der Waals surface area (Å²) in [7, 11) is 3.30. The lowest BCUT2D eigenvalue weighted by Crippen LogP contribution is -2.36. The van der Waals surface area contributed by atoms with E-state index in [9.17, 15) is 13.6 Å². The number of nitrogens with two attached hydrogens (primary N) is 1. The van der Waals surface area contributed by atoms with Crippen molar-refractivity contribution in [2.45, 2.75) is 6.54 Å². The van der Waals surface area contributed by atoms with Gasteiger partial charge in [-0.3, -0.25) is 10.2 Å². The monoisotopic (exact) mass is 395 g/mol. The molecule has 2 aromatic rings. The number of pyridine rings is 2. The summed E-state index contributed by atoms with van der Waals surface area (Å²) >= 11 is 0. The number of halogens is 2. The Kier molecular flexibility index (Phi) is 4.43. The molecule has 0 saturated carbocycles. The van der Waals surface area contributed by atoms with E-state index in [0.29, 0.717) is 33.4 Å². The van der Waals surface area contributed by atoms with Gasteiger partial charge in [-0.15, -0.1) is 0 Å². The van der Waals surface area contributed by atoms with Crippen LogP contribution in [-0.2, 0) is 13.6 Å². The topological polar surface area (TPSA) is 88.8 Å². The number of nitrogens with zero attached hydrogens (tertiary/aromatic N) is 2. The summed E-state index contributed by atoms with van der Waals surface area (Å²) in [6.45, 7) is 0.257. The minimum atomic E-state index is -0.750. The van der Waals surface area contributed by atoms with Crippen LogP contribution in [0.25, 0.3) is 27.7 Å².